The standard InChI is InChI=1S/C29H25N5O2S2/c1-3-36-23-16-14-20(15-17-23)24-18-37-28(30-24)32-27(35)19(2)38-29-31-25(21-10-6-4-7-11-21)26(33-34-29)22-12-8-5-9-13-22/h4-19H,3H2,1-2H3,(H,30,32,35). The van der Waals surface area contributed by atoms with E-state index < -0.39 is 5.25 Å². The summed E-state index contributed by atoms with van der Waals surface area (Å²) in [6.45, 7) is 4.39. The van der Waals surface area contributed by atoms with Crippen molar-refractivity contribution in [1.82, 2.24) is 20.2 Å². The summed E-state index contributed by atoms with van der Waals surface area (Å²) in [6, 6.07) is 27.5. The molecule has 2 aromatic heterocycles. The molecule has 1 atom stereocenters. The minimum atomic E-state index is -0.458. The van der Waals surface area contributed by atoms with E-state index in [2.05, 4.69) is 20.5 Å². The predicted octanol–water partition coefficient (Wildman–Crippen LogP) is 6.85. The molecule has 0 spiro atoms. The zero-order chi connectivity index (χ0) is 26.3. The molecule has 0 bridgehead atoms. The second-order valence-electron chi connectivity index (χ2n) is 8.27. The number of hydrogen-bond acceptors (Lipinski definition) is 8. The molecule has 0 aliphatic carbocycles. The summed E-state index contributed by atoms with van der Waals surface area (Å²) in [4.78, 5) is 22.3. The Balaban J connectivity index is 1.30. The monoisotopic (exact) mass is 539 g/mol. The second-order valence-corrected chi connectivity index (χ2v) is 10.4. The van der Waals surface area contributed by atoms with E-state index in [9.17, 15) is 4.79 Å². The van der Waals surface area contributed by atoms with E-state index >= 15 is 0 Å². The number of thiazole rings is 1. The average molecular weight is 540 g/mol. The molecule has 0 fully saturated rings. The summed E-state index contributed by atoms with van der Waals surface area (Å²) < 4.78 is 5.50. The molecule has 5 rings (SSSR count). The molecule has 3 aromatic carbocycles. The normalized spacial score (nSPS) is 11.6. The predicted molar refractivity (Wildman–Crippen MR) is 153 cm³/mol. The number of nitrogens with zero attached hydrogens (tertiary/aromatic N) is 4. The van der Waals surface area contributed by atoms with Gasteiger partial charge >= 0.3 is 0 Å². The highest BCUT2D eigenvalue weighted by atomic mass is 32.2. The highest BCUT2D eigenvalue weighted by Crippen LogP contribution is 2.31. The third kappa shape index (κ3) is 6.07. The fraction of sp³-hybridized carbons (Fsp3) is 0.138. The SMILES string of the molecule is CCOc1ccc(-c2csc(NC(=O)C(C)Sc3nnc(-c4ccccc4)c(-c4ccccc4)n3)n2)cc1. The Morgan fingerprint density at radius 1 is 0.868 bits per heavy atom. The van der Waals surface area contributed by atoms with Gasteiger partial charge in [0.05, 0.1) is 17.6 Å². The first-order valence-electron chi connectivity index (χ1n) is 12.1. The van der Waals surface area contributed by atoms with Crippen LogP contribution in [-0.2, 0) is 4.79 Å². The van der Waals surface area contributed by atoms with Crippen LogP contribution in [-0.4, -0.2) is 37.9 Å². The zero-order valence-electron chi connectivity index (χ0n) is 20.9. The molecule has 9 heteroatoms. The second kappa shape index (κ2) is 12.0. The van der Waals surface area contributed by atoms with Gasteiger partial charge in [0.1, 0.15) is 17.1 Å². The van der Waals surface area contributed by atoms with Gasteiger partial charge in [-0.2, -0.15) is 0 Å². The van der Waals surface area contributed by atoms with Crippen LogP contribution in [0, 0.1) is 0 Å². The molecule has 0 aliphatic rings. The lowest BCUT2D eigenvalue weighted by atomic mass is 10.0. The van der Waals surface area contributed by atoms with Crippen molar-refractivity contribution in [3.05, 3.63) is 90.3 Å². The summed E-state index contributed by atoms with van der Waals surface area (Å²) in [6.07, 6.45) is 0. The van der Waals surface area contributed by atoms with E-state index in [-0.39, 0.29) is 5.91 Å². The number of ether oxygens (including phenoxy) is 1. The van der Waals surface area contributed by atoms with Gasteiger partial charge in [0.15, 0.2) is 5.13 Å². The molecule has 0 saturated carbocycles. The van der Waals surface area contributed by atoms with Gasteiger partial charge in [-0.15, -0.1) is 21.5 Å². The Kier molecular flexibility index (Phi) is 8.06. The lowest BCUT2D eigenvalue weighted by Gasteiger charge is -2.12. The van der Waals surface area contributed by atoms with Gasteiger partial charge < -0.3 is 10.1 Å². The van der Waals surface area contributed by atoms with Crippen molar-refractivity contribution in [2.75, 3.05) is 11.9 Å². The Hall–Kier alpha value is -4.08. The largest absolute Gasteiger partial charge is 0.494 e. The zero-order valence-corrected chi connectivity index (χ0v) is 22.5. The van der Waals surface area contributed by atoms with Crippen molar-refractivity contribution in [3.8, 4) is 39.5 Å². The van der Waals surface area contributed by atoms with E-state index in [1.807, 2.05) is 104 Å². The van der Waals surface area contributed by atoms with Crippen LogP contribution < -0.4 is 10.1 Å². The van der Waals surface area contributed by atoms with Crippen LogP contribution in [0.3, 0.4) is 0 Å². The molecule has 38 heavy (non-hydrogen) atoms. The fourth-order valence-electron chi connectivity index (χ4n) is 3.72. The quantitative estimate of drug-likeness (QED) is 0.205. The van der Waals surface area contributed by atoms with Crippen molar-refractivity contribution in [3.63, 3.8) is 0 Å². The maximum Gasteiger partial charge on any atom is 0.239 e. The molecule has 1 amide bonds. The maximum atomic E-state index is 13.0. The van der Waals surface area contributed by atoms with Crippen molar-refractivity contribution >= 4 is 34.1 Å². The number of carbonyl (C=O) groups is 1. The Bertz CT molecular complexity index is 1510. The lowest BCUT2D eigenvalue weighted by Crippen LogP contribution is -2.22. The number of hydrogen-bond donors (Lipinski definition) is 1. The van der Waals surface area contributed by atoms with Crippen molar-refractivity contribution in [1.29, 1.82) is 0 Å². The van der Waals surface area contributed by atoms with Crippen LogP contribution in [0.15, 0.2) is 95.5 Å². The Labute approximate surface area is 229 Å². The van der Waals surface area contributed by atoms with E-state index in [4.69, 9.17) is 9.72 Å². The highest BCUT2D eigenvalue weighted by molar-refractivity contribution is 8.00. The number of rotatable bonds is 9. The minimum Gasteiger partial charge on any atom is -0.494 e. The molecular formula is C29H25N5O2S2. The third-order valence-corrected chi connectivity index (χ3v) is 7.32. The van der Waals surface area contributed by atoms with Crippen LogP contribution >= 0.6 is 23.1 Å². The molecule has 2 heterocycles. The minimum absolute atomic E-state index is 0.181. The number of thioether (sulfide) groups is 1. The summed E-state index contributed by atoms with van der Waals surface area (Å²) in [5.74, 6) is 0.634. The third-order valence-electron chi connectivity index (χ3n) is 5.61. The molecule has 1 unspecified atom stereocenters. The first-order chi connectivity index (χ1) is 18.6. The number of carbonyl (C=O) groups excluding carboxylic acids is 1. The Morgan fingerprint density at radius 2 is 1.53 bits per heavy atom. The molecule has 7 nitrogen and oxygen atoms in total. The highest BCUT2D eigenvalue weighted by Gasteiger charge is 2.20. The van der Waals surface area contributed by atoms with E-state index in [1.165, 1.54) is 23.1 Å². The van der Waals surface area contributed by atoms with E-state index in [1.54, 1.807) is 0 Å². The summed E-state index contributed by atoms with van der Waals surface area (Å²) in [5, 5.41) is 14.2. The number of aromatic nitrogens is 4. The van der Waals surface area contributed by atoms with E-state index in [0.717, 1.165) is 33.8 Å². The van der Waals surface area contributed by atoms with Gasteiger partial charge in [-0.25, -0.2) is 9.97 Å². The number of benzene rings is 3. The Morgan fingerprint density at radius 3 is 2.18 bits per heavy atom. The van der Waals surface area contributed by atoms with Gasteiger partial charge in [-0.05, 0) is 38.1 Å². The number of amides is 1. The van der Waals surface area contributed by atoms with Gasteiger partial charge in [0.25, 0.3) is 0 Å². The topological polar surface area (TPSA) is 89.9 Å². The molecular weight excluding hydrogens is 514 g/mol. The average Bonchev–Trinajstić information content (AvgIpc) is 3.43. The van der Waals surface area contributed by atoms with Crippen LogP contribution in [0.5, 0.6) is 5.75 Å². The fourth-order valence-corrected chi connectivity index (χ4v) is 5.16. The van der Waals surface area contributed by atoms with Crippen molar-refractivity contribution < 1.29 is 9.53 Å². The van der Waals surface area contributed by atoms with Crippen LogP contribution in [0.25, 0.3) is 33.8 Å². The molecule has 0 radical (unpaired) electrons. The van der Waals surface area contributed by atoms with Crippen molar-refractivity contribution in [2.24, 2.45) is 0 Å². The van der Waals surface area contributed by atoms with E-state index in [0.29, 0.717) is 22.6 Å². The van der Waals surface area contributed by atoms with Crippen LogP contribution in [0.2, 0.25) is 0 Å². The first kappa shape index (κ1) is 25.6. The lowest BCUT2D eigenvalue weighted by molar-refractivity contribution is -0.115. The number of anilines is 1. The van der Waals surface area contributed by atoms with Gasteiger partial charge in [0.2, 0.25) is 11.1 Å². The van der Waals surface area contributed by atoms with Gasteiger partial charge in [-0.3, -0.25) is 4.79 Å². The summed E-state index contributed by atoms with van der Waals surface area (Å²) in [5.41, 5.74) is 5.04. The summed E-state index contributed by atoms with van der Waals surface area (Å²) in [7, 11) is 0. The van der Waals surface area contributed by atoms with Crippen LogP contribution in [0.1, 0.15) is 13.8 Å². The molecule has 190 valence electrons. The smallest absolute Gasteiger partial charge is 0.239 e. The molecule has 1 N–H and O–H groups in total. The first-order valence-corrected chi connectivity index (χ1v) is 13.9. The maximum absolute atomic E-state index is 13.0. The summed E-state index contributed by atoms with van der Waals surface area (Å²) >= 11 is 2.64. The van der Waals surface area contributed by atoms with Crippen molar-refractivity contribution in [2.45, 2.75) is 24.3 Å². The van der Waals surface area contributed by atoms with Gasteiger partial charge in [0, 0.05) is 22.1 Å². The molecule has 0 aliphatic heterocycles. The molecule has 0 saturated heterocycles. The number of nitrogens with one attached hydrogen (secondary N) is 1. The van der Waals surface area contributed by atoms with Gasteiger partial charge in [-0.1, -0.05) is 72.4 Å². The molecule has 5 aromatic rings. The van der Waals surface area contributed by atoms with Crippen LogP contribution in [0.4, 0.5) is 5.13 Å².